The van der Waals surface area contributed by atoms with E-state index in [1.54, 1.807) is 6.33 Å². The van der Waals surface area contributed by atoms with Gasteiger partial charge in [0.2, 0.25) is 0 Å². The Balaban J connectivity index is 2.71. The van der Waals surface area contributed by atoms with E-state index in [4.69, 9.17) is 0 Å². The van der Waals surface area contributed by atoms with Crippen molar-refractivity contribution < 1.29 is 0 Å². The van der Waals surface area contributed by atoms with Crippen LogP contribution in [0.4, 0.5) is 0 Å². The monoisotopic (exact) mass is 148 g/mol. The van der Waals surface area contributed by atoms with Crippen LogP contribution < -0.4 is 10.7 Å². The van der Waals surface area contributed by atoms with Crippen molar-refractivity contribution in [1.82, 2.24) is 9.97 Å². The van der Waals surface area contributed by atoms with Crippen molar-refractivity contribution in [3.8, 4) is 0 Å². The Labute approximate surface area is 65.7 Å². The molecule has 0 fully saturated rings. The fourth-order valence-corrected chi connectivity index (χ4v) is 1.40. The van der Waals surface area contributed by atoms with Crippen molar-refractivity contribution in [2.75, 3.05) is 0 Å². The lowest BCUT2D eigenvalue weighted by Crippen LogP contribution is -2.31. The molecule has 0 amide bonds. The molecule has 0 saturated carbocycles. The van der Waals surface area contributed by atoms with E-state index in [0.29, 0.717) is 5.41 Å². The SMILES string of the molecule is CC1(C)C=c2[nH]cnc2=CC1. The van der Waals surface area contributed by atoms with Gasteiger partial charge in [0, 0.05) is 0 Å². The van der Waals surface area contributed by atoms with Gasteiger partial charge in [0.15, 0.2) is 0 Å². The van der Waals surface area contributed by atoms with Gasteiger partial charge < -0.3 is 4.98 Å². The number of fused-ring (bicyclic) bond motifs is 1. The molecule has 58 valence electrons. The number of aromatic amines is 1. The Morgan fingerprint density at radius 3 is 3.18 bits per heavy atom. The molecule has 0 saturated heterocycles. The summed E-state index contributed by atoms with van der Waals surface area (Å²) in [4.78, 5) is 7.30. The maximum atomic E-state index is 4.18. The van der Waals surface area contributed by atoms with Gasteiger partial charge in [0.25, 0.3) is 0 Å². The Morgan fingerprint density at radius 1 is 1.55 bits per heavy atom. The highest BCUT2D eigenvalue weighted by atomic mass is 14.9. The molecule has 0 aliphatic heterocycles. The molecule has 2 nitrogen and oxygen atoms in total. The first-order chi connectivity index (χ1) is 5.17. The first-order valence-corrected chi connectivity index (χ1v) is 3.90. The topological polar surface area (TPSA) is 28.7 Å². The third-order valence-electron chi connectivity index (χ3n) is 2.06. The zero-order valence-electron chi connectivity index (χ0n) is 6.89. The Morgan fingerprint density at radius 2 is 2.36 bits per heavy atom. The van der Waals surface area contributed by atoms with Crippen molar-refractivity contribution in [1.29, 1.82) is 0 Å². The molecule has 2 rings (SSSR count). The van der Waals surface area contributed by atoms with E-state index >= 15 is 0 Å². The molecule has 0 radical (unpaired) electrons. The van der Waals surface area contributed by atoms with Gasteiger partial charge >= 0.3 is 0 Å². The molecule has 0 aromatic carbocycles. The number of nitrogens with one attached hydrogen (secondary N) is 1. The second kappa shape index (κ2) is 1.97. The van der Waals surface area contributed by atoms with Crippen LogP contribution >= 0.6 is 0 Å². The fraction of sp³-hybridized carbons (Fsp3) is 0.444. The van der Waals surface area contributed by atoms with Gasteiger partial charge in [0.1, 0.15) is 0 Å². The van der Waals surface area contributed by atoms with Crippen LogP contribution in [0.15, 0.2) is 6.33 Å². The van der Waals surface area contributed by atoms with Gasteiger partial charge in [-0.15, -0.1) is 0 Å². The average Bonchev–Trinajstić information content (AvgIpc) is 2.31. The zero-order valence-corrected chi connectivity index (χ0v) is 6.89. The lowest BCUT2D eigenvalue weighted by Gasteiger charge is -2.18. The summed E-state index contributed by atoms with van der Waals surface area (Å²) >= 11 is 0. The zero-order chi connectivity index (χ0) is 7.90. The summed E-state index contributed by atoms with van der Waals surface area (Å²) in [5.41, 5.74) is 0.291. The smallest absolute Gasteiger partial charge is 0.0931 e. The Kier molecular flexibility index (Phi) is 1.19. The van der Waals surface area contributed by atoms with Crippen molar-refractivity contribution in [3.05, 3.63) is 17.0 Å². The second-order valence-electron chi connectivity index (χ2n) is 3.74. The molecule has 0 bridgehead atoms. The van der Waals surface area contributed by atoms with E-state index in [1.165, 1.54) is 5.35 Å². The number of hydrogen-bond acceptors (Lipinski definition) is 1. The van der Waals surface area contributed by atoms with Crippen LogP contribution in [0.2, 0.25) is 0 Å². The van der Waals surface area contributed by atoms with Crippen molar-refractivity contribution >= 4 is 12.2 Å². The molecular weight excluding hydrogens is 136 g/mol. The first-order valence-electron chi connectivity index (χ1n) is 3.90. The van der Waals surface area contributed by atoms with Crippen molar-refractivity contribution in [2.24, 2.45) is 5.41 Å². The average molecular weight is 148 g/mol. The number of rotatable bonds is 0. The highest BCUT2D eigenvalue weighted by Crippen LogP contribution is 2.23. The molecule has 2 heteroatoms. The summed E-state index contributed by atoms with van der Waals surface area (Å²) < 4.78 is 0. The van der Waals surface area contributed by atoms with Gasteiger partial charge in [-0.25, -0.2) is 4.98 Å². The van der Waals surface area contributed by atoms with Gasteiger partial charge in [-0.2, -0.15) is 0 Å². The molecule has 1 aromatic rings. The lowest BCUT2D eigenvalue weighted by molar-refractivity contribution is 0.533. The second-order valence-corrected chi connectivity index (χ2v) is 3.74. The normalized spacial score (nSPS) is 19.8. The van der Waals surface area contributed by atoms with E-state index in [1.807, 2.05) is 0 Å². The van der Waals surface area contributed by atoms with Crippen LogP contribution in [-0.4, -0.2) is 9.97 Å². The molecule has 1 aromatic heterocycles. The van der Waals surface area contributed by atoms with Crippen LogP contribution in [0.5, 0.6) is 0 Å². The molecule has 1 heterocycles. The third-order valence-corrected chi connectivity index (χ3v) is 2.06. The molecular formula is C9H12N2. The minimum absolute atomic E-state index is 0.291. The van der Waals surface area contributed by atoms with Crippen LogP contribution in [0.3, 0.4) is 0 Å². The Bertz CT molecular complexity index is 371. The molecule has 11 heavy (non-hydrogen) atoms. The summed E-state index contributed by atoms with van der Waals surface area (Å²) in [7, 11) is 0. The predicted octanol–water partition coefficient (Wildman–Crippen LogP) is 0.401. The predicted molar refractivity (Wildman–Crippen MR) is 45.2 cm³/mol. The molecule has 0 atom stereocenters. The maximum absolute atomic E-state index is 4.18. The summed E-state index contributed by atoms with van der Waals surface area (Å²) in [6.45, 7) is 4.46. The number of H-pyrrole nitrogens is 1. The van der Waals surface area contributed by atoms with Gasteiger partial charge in [-0.3, -0.25) is 0 Å². The van der Waals surface area contributed by atoms with Crippen LogP contribution in [0, 0.1) is 5.41 Å². The van der Waals surface area contributed by atoms with Crippen molar-refractivity contribution in [3.63, 3.8) is 0 Å². The van der Waals surface area contributed by atoms with E-state index in [9.17, 15) is 0 Å². The summed E-state index contributed by atoms with van der Waals surface area (Å²) in [5, 5.41) is 2.27. The summed E-state index contributed by atoms with van der Waals surface area (Å²) in [5.74, 6) is 0. The van der Waals surface area contributed by atoms with Crippen molar-refractivity contribution in [2.45, 2.75) is 20.3 Å². The molecule has 0 unspecified atom stereocenters. The van der Waals surface area contributed by atoms with Crippen LogP contribution in [0.1, 0.15) is 20.3 Å². The molecule has 1 aliphatic carbocycles. The minimum atomic E-state index is 0.291. The largest absolute Gasteiger partial charge is 0.345 e. The van der Waals surface area contributed by atoms with E-state index < -0.39 is 0 Å². The van der Waals surface area contributed by atoms with Gasteiger partial charge in [0.05, 0.1) is 17.0 Å². The van der Waals surface area contributed by atoms with Gasteiger partial charge in [-0.1, -0.05) is 26.0 Å². The molecule has 0 spiro atoms. The minimum Gasteiger partial charge on any atom is -0.345 e. The van der Waals surface area contributed by atoms with Crippen LogP contribution in [-0.2, 0) is 0 Å². The Hall–Kier alpha value is -1.05. The fourth-order valence-electron chi connectivity index (χ4n) is 1.40. The number of aromatic nitrogens is 2. The third kappa shape index (κ3) is 1.09. The standard InChI is InChI=1S/C9H12N2/c1-9(2)4-3-7-8(5-9)11-6-10-7/h3,5-6H,4H2,1-2H3,(H,10,11). The molecule has 1 N–H and O–H groups in total. The van der Waals surface area contributed by atoms with E-state index in [-0.39, 0.29) is 0 Å². The summed E-state index contributed by atoms with van der Waals surface area (Å²) in [6.07, 6.45) is 7.27. The highest BCUT2D eigenvalue weighted by Gasteiger charge is 2.15. The lowest BCUT2D eigenvalue weighted by atomic mass is 9.87. The maximum Gasteiger partial charge on any atom is 0.0931 e. The number of imidazole rings is 1. The summed E-state index contributed by atoms with van der Waals surface area (Å²) in [6, 6.07) is 0. The molecule has 1 aliphatic rings. The quantitative estimate of drug-likeness (QED) is 0.567. The number of hydrogen-bond donors (Lipinski definition) is 1. The van der Waals surface area contributed by atoms with E-state index in [2.05, 4.69) is 36.0 Å². The highest BCUT2D eigenvalue weighted by molar-refractivity contribution is 5.39. The van der Waals surface area contributed by atoms with Crippen LogP contribution in [0.25, 0.3) is 12.2 Å². The van der Waals surface area contributed by atoms with Gasteiger partial charge in [-0.05, 0) is 11.8 Å². The number of nitrogens with zero attached hydrogens (tertiary/aromatic N) is 1. The first kappa shape index (κ1) is 6.65. The van der Waals surface area contributed by atoms with E-state index in [0.717, 1.165) is 11.8 Å².